The van der Waals surface area contributed by atoms with Crippen molar-refractivity contribution in [1.82, 2.24) is 4.90 Å². The number of likely N-dealkylation sites (tertiary alicyclic amines) is 1. The molecule has 5 nitrogen and oxygen atoms in total. The van der Waals surface area contributed by atoms with E-state index in [-0.39, 0.29) is 6.42 Å². The number of ether oxygens (including phenoxy) is 2. The zero-order valence-corrected chi connectivity index (χ0v) is 9.77. The summed E-state index contributed by atoms with van der Waals surface area (Å²) in [6, 6.07) is 0.672. The van der Waals surface area contributed by atoms with E-state index in [4.69, 9.17) is 14.7 Å². The molecule has 0 aliphatic carbocycles. The van der Waals surface area contributed by atoms with Crippen LogP contribution >= 0.6 is 0 Å². The number of alkyl halides is 2. The summed E-state index contributed by atoms with van der Waals surface area (Å²) in [7, 11) is 0. The molecule has 1 atom stereocenters. The maximum Gasteiger partial charge on any atom is 0.268 e. The van der Waals surface area contributed by atoms with Crippen LogP contribution in [0.3, 0.4) is 0 Å². The Morgan fingerprint density at radius 2 is 2.11 bits per heavy atom. The first-order valence-electron chi connectivity index (χ1n) is 5.82. The predicted molar refractivity (Wildman–Crippen MR) is 55.6 cm³/mol. The number of rotatable bonds is 2. The van der Waals surface area contributed by atoms with Crippen molar-refractivity contribution >= 4 is 5.91 Å². The maximum atomic E-state index is 13.2. The van der Waals surface area contributed by atoms with Crippen molar-refractivity contribution in [1.29, 1.82) is 5.26 Å². The van der Waals surface area contributed by atoms with Gasteiger partial charge in [0, 0.05) is 6.42 Å². The van der Waals surface area contributed by atoms with Crippen LogP contribution in [0.1, 0.15) is 19.3 Å². The molecule has 2 rings (SSSR count). The molecule has 0 aromatic carbocycles. The molecule has 2 aliphatic rings. The van der Waals surface area contributed by atoms with E-state index in [2.05, 4.69) is 0 Å². The van der Waals surface area contributed by atoms with Crippen molar-refractivity contribution in [2.45, 2.75) is 37.5 Å². The van der Waals surface area contributed by atoms with Gasteiger partial charge in [-0.05, 0) is 6.42 Å². The molecule has 0 radical (unpaired) electrons. The van der Waals surface area contributed by atoms with Gasteiger partial charge in [-0.25, -0.2) is 8.78 Å². The predicted octanol–water partition coefficient (Wildman–Crippen LogP) is 0.899. The average Bonchev–Trinajstić information content (AvgIpc) is 2.66. The van der Waals surface area contributed by atoms with E-state index in [1.165, 1.54) is 0 Å². The Morgan fingerprint density at radius 1 is 1.44 bits per heavy atom. The standard InChI is InChI=1S/C11H14F2N2O3/c12-11(13)5-8(6-14)15(7-11)9(16)4-10-17-2-1-3-18-10/h8,10H,1-5,7H2. The Balaban J connectivity index is 1.93. The Morgan fingerprint density at radius 3 is 2.72 bits per heavy atom. The highest BCUT2D eigenvalue weighted by molar-refractivity contribution is 5.77. The minimum atomic E-state index is -2.98. The Bertz CT molecular complexity index is 364. The van der Waals surface area contributed by atoms with E-state index < -0.39 is 37.1 Å². The number of carbonyl (C=O) groups is 1. The lowest BCUT2D eigenvalue weighted by atomic mass is 10.2. The summed E-state index contributed by atoms with van der Waals surface area (Å²) in [6.07, 6.45) is -0.636. The number of amides is 1. The number of carbonyl (C=O) groups excluding carboxylic acids is 1. The van der Waals surface area contributed by atoms with E-state index in [1.54, 1.807) is 6.07 Å². The topological polar surface area (TPSA) is 62.6 Å². The SMILES string of the molecule is N#CC1CC(F)(F)CN1C(=O)CC1OCCCO1. The van der Waals surface area contributed by atoms with Gasteiger partial charge in [0.1, 0.15) is 6.04 Å². The minimum Gasteiger partial charge on any atom is -0.352 e. The Labute approximate surface area is 103 Å². The first-order valence-corrected chi connectivity index (χ1v) is 5.82. The van der Waals surface area contributed by atoms with Gasteiger partial charge in [-0.2, -0.15) is 5.26 Å². The highest BCUT2D eigenvalue weighted by Crippen LogP contribution is 2.32. The summed E-state index contributed by atoms with van der Waals surface area (Å²) < 4.78 is 36.7. The summed E-state index contributed by atoms with van der Waals surface area (Å²) in [6.45, 7) is 0.294. The second-order valence-corrected chi connectivity index (χ2v) is 4.46. The van der Waals surface area contributed by atoms with Crippen LogP contribution in [-0.2, 0) is 14.3 Å². The van der Waals surface area contributed by atoms with Crippen LogP contribution in [0.4, 0.5) is 8.78 Å². The van der Waals surface area contributed by atoms with E-state index in [0.717, 1.165) is 11.3 Å². The van der Waals surface area contributed by atoms with Gasteiger partial charge in [0.2, 0.25) is 5.91 Å². The molecule has 2 saturated heterocycles. The fourth-order valence-electron chi connectivity index (χ4n) is 2.11. The zero-order valence-electron chi connectivity index (χ0n) is 9.77. The first-order chi connectivity index (χ1) is 8.52. The molecule has 7 heteroatoms. The summed E-state index contributed by atoms with van der Waals surface area (Å²) >= 11 is 0. The van der Waals surface area contributed by atoms with Crippen molar-refractivity contribution < 1.29 is 23.0 Å². The fraction of sp³-hybridized carbons (Fsp3) is 0.818. The number of hydrogen-bond donors (Lipinski definition) is 0. The van der Waals surface area contributed by atoms with Gasteiger partial charge in [-0.1, -0.05) is 0 Å². The normalized spacial score (nSPS) is 28.1. The summed E-state index contributed by atoms with van der Waals surface area (Å²) in [5, 5.41) is 8.78. The number of halogens is 2. The molecule has 0 aromatic heterocycles. The third kappa shape index (κ3) is 2.94. The smallest absolute Gasteiger partial charge is 0.268 e. The minimum absolute atomic E-state index is 0.117. The van der Waals surface area contributed by atoms with Crippen LogP contribution in [0, 0.1) is 11.3 Å². The van der Waals surface area contributed by atoms with E-state index in [0.29, 0.717) is 13.2 Å². The van der Waals surface area contributed by atoms with Gasteiger partial charge in [0.25, 0.3) is 5.92 Å². The Hall–Kier alpha value is -1.26. The zero-order chi connectivity index (χ0) is 13.2. The van der Waals surface area contributed by atoms with Gasteiger partial charge in [-0.15, -0.1) is 0 Å². The molecule has 0 aromatic rings. The highest BCUT2D eigenvalue weighted by atomic mass is 19.3. The van der Waals surface area contributed by atoms with E-state index in [9.17, 15) is 13.6 Å². The van der Waals surface area contributed by atoms with Crippen molar-refractivity contribution in [3.05, 3.63) is 0 Å². The quantitative estimate of drug-likeness (QED) is 0.740. The van der Waals surface area contributed by atoms with Gasteiger partial charge in [0.15, 0.2) is 6.29 Å². The van der Waals surface area contributed by atoms with Gasteiger partial charge >= 0.3 is 0 Å². The number of nitrogens with zero attached hydrogens (tertiary/aromatic N) is 2. The molecule has 18 heavy (non-hydrogen) atoms. The number of nitriles is 1. The van der Waals surface area contributed by atoms with Gasteiger partial charge < -0.3 is 14.4 Å². The average molecular weight is 260 g/mol. The molecular weight excluding hydrogens is 246 g/mol. The second-order valence-electron chi connectivity index (χ2n) is 4.46. The molecule has 0 N–H and O–H groups in total. The highest BCUT2D eigenvalue weighted by Gasteiger charge is 2.47. The second kappa shape index (κ2) is 5.16. The molecule has 1 amide bonds. The largest absolute Gasteiger partial charge is 0.352 e. The number of hydrogen-bond acceptors (Lipinski definition) is 4. The molecule has 100 valence electrons. The lowest BCUT2D eigenvalue weighted by Gasteiger charge is -2.26. The van der Waals surface area contributed by atoms with Crippen molar-refractivity contribution in [2.75, 3.05) is 19.8 Å². The third-order valence-electron chi connectivity index (χ3n) is 2.98. The van der Waals surface area contributed by atoms with Crippen LogP contribution < -0.4 is 0 Å². The third-order valence-corrected chi connectivity index (χ3v) is 2.98. The lowest BCUT2D eigenvalue weighted by molar-refractivity contribution is -0.187. The molecule has 0 spiro atoms. The van der Waals surface area contributed by atoms with Crippen molar-refractivity contribution in [3.8, 4) is 6.07 Å². The van der Waals surface area contributed by atoms with Gasteiger partial charge in [-0.3, -0.25) is 4.79 Å². The van der Waals surface area contributed by atoms with Gasteiger partial charge in [0.05, 0.1) is 32.2 Å². The first kappa shape index (κ1) is 13.2. The van der Waals surface area contributed by atoms with Crippen LogP contribution in [0.25, 0.3) is 0 Å². The molecule has 0 saturated carbocycles. The van der Waals surface area contributed by atoms with Crippen LogP contribution in [0.15, 0.2) is 0 Å². The van der Waals surface area contributed by atoms with Crippen LogP contribution in [0.5, 0.6) is 0 Å². The van der Waals surface area contributed by atoms with E-state index >= 15 is 0 Å². The molecule has 2 fully saturated rings. The van der Waals surface area contributed by atoms with E-state index in [1.807, 2.05) is 0 Å². The van der Waals surface area contributed by atoms with Crippen LogP contribution in [-0.4, -0.2) is 48.8 Å². The van der Waals surface area contributed by atoms with Crippen LogP contribution in [0.2, 0.25) is 0 Å². The molecule has 2 heterocycles. The molecule has 1 unspecified atom stereocenters. The lowest BCUT2D eigenvalue weighted by Crippen LogP contribution is -2.39. The molecular formula is C11H14F2N2O3. The Kier molecular flexibility index (Phi) is 3.78. The molecule has 2 aliphatic heterocycles. The summed E-state index contributed by atoms with van der Waals surface area (Å²) in [5.74, 6) is -3.50. The maximum absolute atomic E-state index is 13.2. The fourth-order valence-corrected chi connectivity index (χ4v) is 2.11. The molecule has 0 bridgehead atoms. The van der Waals surface area contributed by atoms with Crippen molar-refractivity contribution in [3.63, 3.8) is 0 Å². The monoisotopic (exact) mass is 260 g/mol. The van der Waals surface area contributed by atoms with Crippen molar-refractivity contribution in [2.24, 2.45) is 0 Å². The summed E-state index contributed by atoms with van der Waals surface area (Å²) in [5.41, 5.74) is 0. The summed E-state index contributed by atoms with van der Waals surface area (Å²) in [4.78, 5) is 12.8.